The third-order valence-corrected chi connectivity index (χ3v) is 5.88. The van der Waals surface area contributed by atoms with Crippen molar-refractivity contribution in [2.75, 3.05) is 18.0 Å². The number of carbonyl (C=O) groups is 1. The summed E-state index contributed by atoms with van der Waals surface area (Å²) in [5, 5.41) is 3.32. The van der Waals surface area contributed by atoms with Crippen molar-refractivity contribution < 1.29 is 9.18 Å². The van der Waals surface area contributed by atoms with Crippen LogP contribution in [0.1, 0.15) is 28.8 Å². The number of anilines is 1. The predicted octanol–water partition coefficient (Wildman–Crippen LogP) is 4.06. The molecule has 7 heteroatoms. The van der Waals surface area contributed by atoms with E-state index in [0.29, 0.717) is 34.6 Å². The molecular formula is C26H23FN4O2. The zero-order valence-electron chi connectivity index (χ0n) is 18.0. The van der Waals surface area contributed by atoms with Crippen LogP contribution in [-0.4, -0.2) is 28.5 Å². The maximum absolute atomic E-state index is 13.5. The summed E-state index contributed by atoms with van der Waals surface area (Å²) < 4.78 is 15.0. The second-order valence-corrected chi connectivity index (χ2v) is 8.12. The van der Waals surface area contributed by atoms with Gasteiger partial charge in [-0.1, -0.05) is 30.3 Å². The van der Waals surface area contributed by atoms with Gasteiger partial charge in [-0.25, -0.2) is 13.9 Å². The maximum Gasteiger partial charge on any atom is 0.267 e. The Morgan fingerprint density at radius 1 is 0.970 bits per heavy atom. The molecule has 4 aromatic rings. The highest BCUT2D eigenvalue weighted by atomic mass is 19.1. The Morgan fingerprint density at radius 2 is 1.70 bits per heavy atom. The molecule has 0 spiro atoms. The van der Waals surface area contributed by atoms with Crippen molar-refractivity contribution in [2.24, 2.45) is 0 Å². The van der Waals surface area contributed by atoms with Gasteiger partial charge in [0.1, 0.15) is 5.82 Å². The Kier molecular flexibility index (Phi) is 5.60. The summed E-state index contributed by atoms with van der Waals surface area (Å²) in [5.41, 5.74) is 2.22. The summed E-state index contributed by atoms with van der Waals surface area (Å²) in [7, 11) is 0. The first kappa shape index (κ1) is 20.9. The molecule has 1 N–H and O–H groups in total. The van der Waals surface area contributed by atoms with E-state index in [2.05, 4.69) is 10.2 Å². The van der Waals surface area contributed by atoms with Crippen LogP contribution in [0.4, 0.5) is 10.3 Å². The van der Waals surface area contributed by atoms with Gasteiger partial charge in [-0.2, -0.15) is 0 Å². The van der Waals surface area contributed by atoms with Gasteiger partial charge in [-0.05, 0) is 60.9 Å². The van der Waals surface area contributed by atoms with Crippen molar-refractivity contribution in [2.45, 2.75) is 19.4 Å². The molecule has 0 atom stereocenters. The fraction of sp³-hybridized carbons (Fsp3) is 0.192. The van der Waals surface area contributed by atoms with E-state index in [1.807, 2.05) is 30.3 Å². The van der Waals surface area contributed by atoms with Gasteiger partial charge in [-0.15, -0.1) is 0 Å². The lowest BCUT2D eigenvalue weighted by Gasteiger charge is -2.22. The van der Waals surface area contributed by atoms with Gasteiger partial charge in [0.25, 0.3) is 11.5 Å². The fourth-order valence-electron chi connectivity index (χ4n) is 4.15. The predicted molar refractivity (Wildman–Crippen MR) is 126 cm³/mol. The number of rotatable bonds is 5. The smallest absolute Gasteiger partial charge is 0.267 e. The third-order valence-electron chi connectivity index (χ3n) is 5.88. The first-order chi connectivity index (χ1) is 16.1. The van der Waals surface area contributed by atoms with Gasteiger partial charge in [0, 0.05) is 25.2 Å². The summed E-state index contributed by atoms with van der Waals surface area (Å²) in [4.78, 5) is 33.1. The van der Waals surface area contributed by atoms with Crippen molar-refractivity contribution in [1.29, 1.82) is 0 Å². The molecule has 0 bridgehead atoms. The van der Waals surface area contributed by atoms with Crippen LogP contribution in [0.15, 0.2) is 77.6 Å². The molecule has 5 rings (SSSR count). The Hall–Kier alpha value is -4.00. The molecular weight excluding hydrogens is 419 g/mol. The molecule has 1 aromatic heterocycles. The number of nitrogens with zero attached hydrogens (tertiary/aromatic N) is 3. The Bertz CT molecular complexity index is 1360. The molecule has 3 aromatic carbocycles. The van der Waals surface area contributed by atoms with E-state index in [1.54, 1.807) is 30.3 Å². The van der Waals surface area contributed by atoms with Crippen LogP contribution < -0.4 is 15.8 Å². The molecule has 6 nitrogen and oxygen atoms in total. The van der Waals surface area contributed by atoms with E-state index in [4.69, 9.17) is 4.98 Å². The molecule has 1 saturated heterocycles. The van der Waals surface area contributed by atoms with Crippen LogP contribution >= 0.6 is 0 Å². The summed E-state index contributed by atoms with van der Waals surface area (Å²) in [6, 6.07) is 20.4. The van der Waals surface area contributed by atoms with Gasteiger partial charge in [0.2, 0.25) is 5.95 Å². The highest BCUT2D eigenvalue weighted by Gasteiger charge is 2.21. The molecule has 0 radical (unpaired) electrons. The second kappa shape index (κ2) is 8.86. The molecule has 0 unspecified atom stereocenters. The lowest BCUT2D eigenvalue weighted by Crippen LogP contribution is -2.30. The molecule has 2 heterocycles. The average molecular weight is 442 g/mol. The number of hydrogen-bond donors (Lipinski definition) is 1. The van der Waals surface area contributed by atoms with Gasteiger partial charge >= 0.3 is 0 Å². The van der Waals surface area contributed by atoms with Crippen LogP contribution in [0, 0.1) is 5.82 Å². The normalized spacial score (nSPS) is 13.4. The highest BCUT2D eigenvalue weighted by Crippen LogP contribution is 2.23. The van der Waals surface area contributed by atoms with E-state index >= 15 is 0 Å². The van der Waals surface area contributed by atoms with Crippen LogP contribution in [0.2, 0.25) is 0 Å². The molecule has 1 amide bonds. The third kappa shape index (κ3) is 4.22. The number of carbonyl (C=O) groups excluding carboxylic acids is 1. The minimum Gasteiger partial charge on any atom is -0.348 e. The standard InChI is InChI=1S/C26H23FN4O2/c27-20-9-11-21(12-10-20)31-25(33)22-13-8-19(24(32)28-17-18-6-2-1-3-7-18)16-23(22)29-26(31)30-14-4-5-15-30/h1-3,6-13,16H,4-5,14-15,17H2,(H,28,32). The summed E-state index contributed by atoms with van der Waals surface area (Å²) >= 11 is 0. The number of nitrogens with one attached hydrogen (secondary N) is 1. The van der Waals surface area contributed by atoms with Gasteiger partial charge in [-0.3, -0.25) is 9.59 Å². The van der Waals surface area contributed by atoms with E-state index in [1.165, 1.54) is 16.7 Å². The number of halogens is 1. The Morgan fingerprint density at radius 3 is 2.42 bits per heavy atom. The Labute approximate surface area is 190 Å². The summed E-state index contributed by atoms with van der Waals surface area (Å²) in [6.07, 6.45) is 2.03. The van der Waals surface area contributed by atoms with Crippen LogP contribution in [0.5, 0.6) is 0 Å². The first-order valence-electron chi connectivity index (χ1n) is 11.0. The molecule has 1 aliphatic rings. The van der Waals surface area contributed by atoms with Crippen molar-refractivity contribution in [3.05, 3.63) is 100 Å². The molecule has 0 aliphatic carbocycles. The second-order valence-electron chi connectivity index (χ2n) is 8.12. The number of aromatic nitrogens is 2. The molecule has 1 aliphatic heterocycles. The van der Waals surface area contributed by atoms with Gasteiger partial charge in [0.05, 0.1) is 16.6 Å². The summed E-state index contributed by atoms with van der Waals surface area (Å²) in [6.45, 7) is 1.99. The van der Waals surface area contributed by atoms with Crippen LogP contribution in [0.3, 0.4) is 0 Å². The SMILES string of the molecule is O=C(NCc1ccccc1)c1ccc2c(=O)n(-c3ccc(F)cc3)c(N3CCCC3)nc2c1. The van der Waals surface area contributed by atoms with E-state index in [-0.39, 0.29) is 17.3 Å². The van der Waals surface area contributed by atoms with Crippen molar-refractivity contribution in [3.8, 4) is 5.69 Å². The fourth-order valence-corrected chi connectivity index (χ4v) is 4.15. The monoisotopic (exact) mass is 442 g/mol. The van der Waals surface area contributed by atoms with Crippen molar-refractivity contribution >= 4 is 22.8 Å². The molecule has 1 fully saturated rings. The molecule has 33 heavy (non-hydrogen) atoms. The number of fused-ring (bicyclic) bond motifs is 1. The largest absolute Gasteiger partial charge is 0.348 e. The lowest BCUT2D eigenvalue weighted by molar-refractivity contribution is 0.0951. The van der Waals surface area contributed by atoms with Gasteiger partial charge < -0.3 is 10.2 Å². The number of amides is 1. The van der Waals surface area contributed by atoms with E-state index in [0.717, 1.165) is 31.5 Å². The van der Waals surface area contributed by atoms with E-state index in [9.17, 15) is 14.0 Å². The van der Waals surface area contributed by atoms with Crippen molar-refractivity contribution in [1.82, 2.24) is 14.9 Å². The van der Waals surface area contributed by atoms with Crippen molar-refractivity contribution in [3.63, 3.8) is 0 Å². The first-order valence-corrected chi connectivity index (χ1v) is 11.0. The van der Waals surface area contributed by atoms with Gasteiger partial charge in [0.15, 0.2) is 0 Å². The minimum absolute atomic E-state index is 0.229. The van der Waals surface area contributed by atoms with Crippen LogP contribution in [-0.2, 0) is 6.54 Å². The zero-order valence-corrected chi connectivity index (χ0v) is 18.0. The average Bonchev–Trinajstić information content (AvgIpc) is 3.38. The molecule has 166 valence electrons. The Balaban J connectivity index is 1.55. The molecule has 0 saturated carbocycles. The topological polar surface area (TPSA) is 67.2 Å². The lowest BCUT2D eigenvalue weighted by atomic mass is 10.1. The zero-order chi connectivity index (χ0) is 22.8. The quantitative estimate of drug-likeness (QED) is 0.506. The number of hydrogen-bond acceptors (Lipinski definition) is 4. The minimum atomic E-state index is -0.366. The number of benzene rings is 3. The highest BCUT2D eigenvalue weighted by molar-refractivity contribution is 5.97. The maximum atomic E-state index is 13.5. The van der Waals surface area contributed by atoms with E-state index < -0.39 is 0 Å². The summed E-state index contributed by atoms with van der Waals surface area (Å²) in [5.74, 6) is -0.0825. The van der Waals surface area contributed by atoms with Crippen LogP contribution in [0.25, 0.3) is 16.6 Å².